The van der Waals surface area contributed by atoms with Crippen LogP contribution in [-0.2, 0) is 13.0 Å². The lowest BCUT2D eigenvalue weighted by Gasteiger charge is -1.98. The van der Waals surface area contributed by atoms with Crippen LogP contribution in [0.4, 0.5) is 0 Å². The molecule has 4 heteroatoms. The predicted molar refractivity (Wildman–Crippen MR) is 68.1 cm³/mol. The number of hydrogen-bond acceptors (Lipinski definition) is 3. The molecule has 0 spiro atoms. The van der Waals surface area contributed by atoms with Crippen molar-refractivity contribution in [3.8, 4) is 0 Å². The van der Waals surface area contributed by atoms with E-state index in [1.165, 1.54) is 21.7 Å². The highest BCUT2D eigenvalue weighted by Gasteiger charge is 2.15. The van der Waals surface area contributed by atoms with Gasteiger partial charge in [0.25, 0.3) is 0 Å². The zero-order chi connectivity index (χ0) is 12.3. The number of rotatable bonds is 4. The summed E-state index contributed by atoms with van der Waals surface area (Å²) in [6.07, 6.45) is 4.52. The van der Waals surface area contributed by atoms with Crippen LogP contribution in [0.2, 0.25) is 0 Å². The molecular formula is C13H17N2OS+. The van der Waals surface area contributed by atoms with Crippen molar-refractivity contribution in [2.45, 2.75) is 26.8 Å². The minimum absolute atomic E-state index is 0.216. The third kappa shape index (κ3) is 2.90. The summed E-state index contributed by atoms with van der Waals surface area (Å²) in [4.78, 5) is 5.46. The topological polar surface area (TPSA) is 37.0 Å². The molecule has 2 rings (SSSR count). The van der Waals surface area contributed by atoms with E-state index in [-0.39, 0.29) is 6.61 Å². The summed E-state index contributed by atoms with van der Waals surface area (Å²) in [5.74, 6) is 0. The lowest BCUT2D eigenvalue weighted by atomic mass is 10.2. The van der Waals surface area contributed by atoms with E-state index in [9.17, 15) is 0 Å². The molecule has 2 heterocycles. The van der Waals surface area contributed by atoms with Crippen molar-refractivity contribution in [1.29, 1.82) is 0 Å². The molecule has 17 heavy (non-hydrogen) atoms. The minimum atomic E-state index is 0.216. The largest absolute Gasteiger partial charge is 0.396 e. The Labute approximate surface area is 105 Å². The molecule has 0 saturated carbocycles. The van der Waals surface area contributed by atoms with Crippen molar-refractivity contribution < 1.29 is 9.67 Å². The van der Waals surface area contributed by atoms with Crippen LogP contribution >= 0.6 is 11.3 Å². The Balaban J connectivity index is 2.19. The monoisotopic (exact) mass is 249 g/mol. The third-order valence-corrected chi connectivity index (χ3v) is 3.92. The summed E-state index contributed by atoms with van der Waals surface area (Å²) in [6, 6.07) is 2.16. The van der Waals surface area contributed by atoms with Gasteiger partial charge in [0, 0.05) is 37.9 Å². The smallest absolute Gasteiger partial charge is 0.225 e. The molecule has 2 aromatic heterocycles. The van der Waals surface area contributed by atoms with Gasteiger partial charge < -0.3 is 5.11 Å². The SMILES string of the molecule is Cc1cncc(C[n+]2csc(CCO)c2C)c1. The van der Waals surface area contributed by atoms with Gasteiger partial charge in [-0.15, -0.1) is 0 Å². The van der Waals surface area contributed by atoms with Crippen LogP contribution in [0, 0.1) is 13.8 Å². The molecule has 0 aromatic carbocycles. The summed E-state index contributed by atoms with van der Waals surface area (Å²) in [5, 5.41) is 8.97. The van der Waals surface area contributed by atoms with E-state index in [0.717, 1.165) is 13.0 Å². The van der Waals surface area contributed by atoms with E-state index in [0.29, 0.717) is 0 Å². The average Bonchev–Trinajstić information content (AvgIpc) is 2.62. The fourth-order valence-corrected chi connectivity index (χ4v) is 2.83. The lowest BCUT2D eigenvalue weighted by Crippen LogP contribution is -2.35. The molecule has 0 fully saturated rings. The van der Waals surface area contributed by atoms with Crippen LogP contribution in [0.25, 0.3) is 0 Å². The molecule has 0 aliphatic carbocycles. The first-order chi connectivity index (χ1) is 8.20. The van der Waals surface area contributed by atoms with Crippen molar-refractivity contribution in [3.63, 3.8) is 0 Å². The van der Waals surface area contributed by atoms with Crippen molar-refractivity contribution in [1.82, 2.24) is 4.98 Å². The second kappa shape index (κ2) is 5.38. The number of aromatic nitrogens is 2. The number of pyridine rings is 1. The molecular weight excluding hydrogens is 232 g/mol. The van der Waals surface area contributed by atoms with Crippen molar-refractivity contribution in [3.05, 3.63) is 45.7 Å². The Morgan fingerprint density at radius 2 is 2.18 bits per heavy atom. The zero-order valence-electron chi connectivity index (χ0n) is 10.2. The summed E-state index contributed by atoms with van der Waals surface area (Å²) in [6.45, 7) is 5.22. The van der Waals surface area contributed by atoms with Crippen molar-refractivity contribution in [2.75, 3.05) is 6.61 Å². The van der Waals surface area contributed by atoms with Crippen LogP contribution < -0.4 is 4.57 Å². The second-order valence-corrected chi connectivity index (χ2v) is 5.14. The number of nitrogens with zero attached hydrogens (tertiary/aromatic N) is 2. The summed E-state index contributed by atoms with van der Waals surface area (Å²) >= 11 is 1.71. The van der Waals surface area contributed by atoms with E-state index in [1.54, 1.807) is 11.3 Å². The van der Waals surface area contributed by atoms with Crippen LogP contribution in [0.5, 0.6) is 0 Å². The zero-order valence-corrected chi connectivity index (χ0v) is 11.0. The minimum Gasteiger partial charge on any atom is -0.396 e. The van der Waals surface area contributed by atoms with E-state index >= 15 is 0 Å². The fourth-order valence-electron chi connectivity index (χ4n) is 1.85. The van der Waals surface area contributed by atoms with E-state index in [1.807, 2.05) is 12.4 Å². The van der Waals surface area contributed by atoms with Gasteiger partial charge in [0.2, 0.25) is 5.51 Å². The average molecular weight is 249 g/mol. The highest BCUT2D eigenvalue weighted by molar-refractivity contribution is 7.09. The van der Waals surface area contributed by atoms with Gasteiger partial charge in [-0.3, -0.25) is 4.98 Å². The molecule has 0 radical (unpaired) electrons. The maximum atomic E-state index is 8.97. The number of aliphatic hydroxyl groups is 1. The second-order valence-electron chi connectivity index (χ2n) is 4.20. The molecule has 3 nitrogen and oxygen atoms in total. The standard InChI is InChI=1S/C13H17N2OS/c1-10-5-12(7-14-6-10)8-15-9-17-13(3-4-16)11(15)2/h5-7,9,16H,3-4,8H2,1-2H3/q+1. The third-order valence-electron chi connectivity index (χ3n) is 2.78. The molecule has 0 amide bonds. The normalized spacial score (nSPS) is 10.8. The highest BCUT2D eigenvalue weighted by Crippen LogP contribution is 2.12. The van der Waals surface area contributed by atoms with Gasteiger partial charge >= 0.3 is 0 Å². The van der Waals surface area contributed by atoms with E-state index in [2.05, 4.69) is 35.0 Å². The summed E-state index contributed by atoms with van der Waals surface area (Å²) in [7, 11) is 0. The number of hydrogen-bond donors (Lipinski definition) is 1. The Hall–Kier alpha value is -1.26. The Kier molecular flexibility index (Phi) is 3.86. The lowest BCUT2D eigenvalue weighted by molar-refractivity contribution is -0.689. The molecule has 0 aliphatic rings. The van der Waals surface area contributed by atoms with Crippen LogP contribution in [0.1, 0.15) is 21.7 Å². The van der Waals surface area contributed by atoms with Crippen LogP contribution in [0.15, 0.2) is 24.0 Å². The summed E-state index contributed by atoms with van der Waals surface area (Å²) < 4.78 is 2.21. The van der Waals surface area contributed by atoms with E-state index < -0.39 is 0 Å². The molecule has 0 bridgehead atoms. The predicted octanol–water partition coefficient (Wildman–Crippen LogP) is 1.63. The number of thiazole rings is 1. The highest BCUT2D eigenvalue weighted by atomic mass is 32.1. The molecule has 0 atom stereocenters. The van der Waals surface area contributed by atoms with Crippen LogP contribution in [-0.4, -0.2) is 16.7 Å². The van der Waals surface area contributed by atoms with Gasteiger partial charge in [-0.05, 0) is 18.6 Å². The van der Waals surface area contributed by atoms with Gasteiger partial charge in [0.15, 0.2) is 12.2 Å². The number of aliphatic hydroxyl groups excluding tert-OH is 1. The van der Waals surface area contributed by atoms with Gasteiger partial charge in [-0.25, -0.2) is 0 Å². The molecule has 2 aromatic rings. The first-order valence-electron chi connectivity index (χ1n) is 5.68. The molecule has 90 valence electrons. The molecule has 1 N–H and O–H groups in total. The number of aryl methyl sites for hydroxylation is 1. The first-order valence-corrected chi connectivity index (χ1v) is 6.56. The molecule has 0 unspecified atom stereocenters. The van der Waals surface area contributed by atoms with E-state index in [4.69, 9.17) is 5.11 Å². The molecule has 0 saturated heterocycles. The Morgan fingerprint density at radius 1 is 1.35 bits per heavy atom. The maximum absolute atomic E-state index is 8.97. The van der Waals surface area contributed by atoms with Crippen molar-refractivity contribution >= 4 is 11.3 Å². The Bertz CT molecular complexity index is 508. The van der Waals surface area contributed by atoms with Crippen molar-refractivity contribution in [2.24, 2.45) is 0 Å². The van der Waals surface area contributed by atoms with Gasteiger partial charge in [-0.2, -0.15) is 4.57 Å². The summed E-state index contributed by atoms with van der Waals surface area (Å²) in [5.41, 5.74) is 5.76. The first kappa shape index (κ1) is 12.2. The quantitative estimate of drug-likeness (QED) is 0.836. The van der Waals surface area contributed by atoms with Gasteiger partial charge in [0.1, 0.15) is 0 Å². The Morgan fingerprint density at radius 3 is 2.88 bits per heavy atom. The van der Waals surface area contributed by atoms with Gasteiger partial charge in [0.05, 0.1) is 4.88 Å². The van der Waals surface area contributed by atoms with Crippen LogP contribution in [0.3, 0.4) is 0 Å². The molecule has 0 aliphatic heterocycles. The van der Waals surface area contributed by atoms with Gasteiger partial charge in [-0.1, -0.05) is 11.3 Å². The maximum Gasteiger partial charge on any atom is 0.225 e. The fraction of sp³-hybridized carbons (Fsp3) is 0.385.